The van der Waals surface area contributed by atoms with E-state index in [9.17, 15) is 14.4 Å². The second-order valence-electron chi connectivity index (χ2n) is 8.18. The highest BCUT2D eigenvalue weighted by atomic mass is 32.1. The van der Waals surface area contributed by atoms with Crippen LogP contribution in [0.1, 0.15) is 61.6 Å². The third-order valence-electron chi connectivity index (χ3n) is 6.19. The lowest BCUT2D eigenvalue weighted by Gasteiger charge is -2.29. The molecule has 1 fully saturated rings. The van der Waals surface area contributed by atoms with Gasteiger partial charge in [0.05, 0.1) is 28.7 Å². The number of rotatable bonds is 3. The highest BCUT2D eigenvalue weighted by molar-refractivity contribution is 7.12. The molecule has 1 saturated heterocycles. The maximum absolute atomic E-state index is 13.0. The molecule has 0 radical (unpaired) electrons. The number of nitrogens with zero attached hydrogens (tertiary/aromatic N) is 4. The van der Waals surface area contributed by atoms with E-state index in [2.05, 4.69) is 9.97 Å². The monoisotopic (exact) mass is 449 g/mol. The standard InChI is InChI=1S/C23H23N5O3S/c1-14-12-24-8-6-15(14)22(30)27-10-7-17-16(13-27)21(29)26-20(25-17)18-4-2-9-28(18)23(31)19-5-3-11-32-19/h3,5-6,8,11-12,18H,2,4,7,9-10,13H2,1H3,(H,25,26,29)/t18-/m0/s1. The molecule has 0 aliphatic carbocycles. The molecule has 2 aliphatic rings. The summed E-state index contributed by atoms with van der Waals surface area (Å²) in [6, 6.07) is 5.16. The Hall–Kier alpha value is -3.33. The summed E-state index contributed by atoms with van der Waals surface area (Å²) in [4.78, 5) is 54.8. The maximum atomic E-state index is 13.0. The van der Waals surface area contributed by atoms with Gasteiger partial charge in [-0.05, 0) is 42.8 Å². The number of amides is 2. The molecule has 0 bridgehead atoms. The molecule has 5 heterocycles. The quantitative estimate of drug-likeness (QED) is 0.663. The highest BCUT2D eigenvalue weighted by Crippen LogP contribution is 2.32. The average Bonchev–Trinajstić information content (AvgIpc) is 3.51. The molecular weight excluding hydrogens is 426 g/mol. The Morgan fingerprint density at radius 3 is 2.88 bits per heavy atom. The van der Waals surface area contributed by atoms with Crippen molar-refractivity contribution in [3.05, 3.63) is 79.4 Å². The van der Waals surface area contributed by atoms with Crippen LogP contribution in [0.3, 0.4) is 0 Å². The number of fused-ring (bicyclic) bond motifs is 1. The molecule has 0 saturated carbocycles. The van der Waals surface area contributed by atoms with Crippen LogP contribution in [-0.2, 0) is 13.0 Å². The SMILES string of the molecule is Cc1cnccc1C(=O)N1CCc2nc([C@@H]3CCCN3C(=O)c3cccs3)[nH]c(=O)c2C1. The maximum Gasteiger partial charge on any atom is 0.264 e. The Morgan fingerprint density at radius 1 is 1.22 bits per heavy atom. The van der Waals surface area contributed by atoms with E-state index in [1.54, 1.807) is 28.3 Å². The summed E-state index contributed by atoms with van der Waals surface area (Å²) in [7, 11) is 0. The molecule has 0 aromatic carbocycles. The fourth-order valence-corrected chi connectivity index (χ4v) is 5.17. The van der Waals surface area contributed by atoms with Gasteiger partial charge in [0.15, 0.2) is 0 Å². The zero-order chi connectivity index (χ0) is 22.2. The van der Waals surface area contributed by atoms with Gasteiger partial charge in [0.25, 0.3) is 17.4 Å². The van der Waals surface area contributed by atoms with Crippen LogP contribution in [0.5, 0.6) is 0 Å². The van der Waals surface area contributed by atoms with Crippen molar-refractivity contribution in [3.8, 4) is 0 Å². The molecule has 8 nitrogen and oxygen atoms in total. The first-order valence-electron chi connectivity index (χ1n) is 10.7. The first kappa shape index (κ1) is 20.6. The molecular formula is C23H23N5O3S. The van der Waals surface area contributed by atoms with Crippen LogP contribution < -0.4 is 5.56 Å². The number of thiophene rings is 1. The number of hydrogen-bond donors (Lipinski definition) is 1. The van der Waals surface area contributed by atoms with Gasteiger partial charge in [0, 0.05) is 37.5 Å². The van der Waals surface area contributed by atoms with Gasteiger partial charge in [-0.25, -0.2) is 4.98 Å². The van der Waals surface area contributed by atoms with E-state index in [-0.39, 0.29) is 30.0 Å². The molecule has 2 aliphatic heterocycles. The summed E-state index contributed by atoms with van der Waals surface area (Å²) in [6.07, 6.45) is 5.41. The number of carbonyl (C=O) groups excluding carboxylic acids is 2. The molecule has 5 rings (SSSR count). The number of H-pyrrole nitrogens is 1. The zero-order valence-electron chi connectivity index (χ0n) is 17.7. The van der Waals surface area contributed by atoms with Gasteiger partial charge in [-0.3, -0.25) is 19.4 Å². The normalized spacial score (nSPS) is 18.0. The van der Waals surface area contributed by atoms with Gasteiger partial charge < -0.3 is 14.8 Å². The van der Waals surface area contributed by atoms with Crippen molar-refractivity contribution in [1.82, 2.24) is 24.8 Å². The van der Waals surface area contributed by atoms with Gasteiger partial charge in [0.2, 0.25) is 0 Å². The molecule has 1 N–H and O–H groups in total. The lowest BCUT2D eigenvalue weighted by atomic mass is 10.0. The Balaban J connectivity index is 1.40. The molecule has 0 unspecified atom stereocenters. The molecule has 2 amide bonds. The third-order valence-corrected chi connectivity index (χ3v) is 7.04. The summed E-state index contributed by atoms with van der Waals surface area (Å²) >= 11 is 1.42. The molecule has 3 aromatic heterocycles. The van der Waals surface area contributed by atoms with E-state index in [0.29, 0.717) is 41.3 Å². The summed E-state index contributed by atoms with van der Waals surface area (Å²) in [5, 5.41) is 1.89. The van der Waals surface area contributed by atoms with Crippen LogP contribution in [0.25, 0.3) is 0 Å². The Kier molecular flexibility index (Phi) is 5.34. The van der Waals surface area contributed by atoms with Gasteiger partial charge in [-0.1, -0.05) is 6.07 Å². The van der Waals surface area contributed by atoms with Crippen LogP contribution in [0.4, 0.5) is 0 Å². The van der Waals surface area contributed by atoms with E-state index in [1.165, 1.54) is 11.3 Å². The molecule has 1 atom stereocenters. The van der Waals surface area contributed by atoms with Gasteiger partial charge in [-0.15, -0.1) is 11.3 Å². The lowest BCUT2D eigenvalue weighted by molar-refractivity contribution is 0.0718. The predicted octanol–water partition coefficient (Wildman–Crippen LogP) is 2.71. The average molecular weight is 450 g/mol. The van der Waals surface area contributed by atoms with Crippen molar-refractivity contribution in [2.24, 2.45) is 0 Å². The number of carbonyl (C=O) groups is 2. The fraction of sp³-hybridized carbons (Fsp3) is 0.348. The summed E-state index contributed by atoms with van der Waals surface area (Å²) in [5.41, 5.74) is 2.41. The van der Waals surface area contributed by atoms with E-state index < -0.39 is 0 Å². The zero-order valence-corrected chi connectivity index (χ0v) is 18.5. The molecule has 9 heteroatoms. The van der Waals surface area contributed by atoms with Gasteiger partial charge in [-0.2, -0.15) is 0 Å². The van der Waals surface area contributed by atoms with Crippen LogP contribution in [0.2, 0.25) is 0 Å². The van der Waals surface area contributed by atoms with Crippen LogP contribution in [0, 0.1) is 6.92 Å². The lowest BCUT2D eigenvalue weighted by Crippen LogP contribution is -2.41. The first-order chi connectivity index (χ1) is 15.5. The molecule has 0 spiro atoms. The fourth-order valence-electron chi connectivity index (χ4n) is 4.49. The second-order valence-corrected chi connectivity index (χ2v) is 9.13. The van der Waals surface area contributed by atoms with Gasteiger partial charge in [0.1, 0.15) is 5.82 Å². The van der Waals surface area contributed by atoms with Crippen molar-refractivity contribution < 1.29 is 9.59 Å². The smallest absolute Gasteiger partial charge is 0.264 e. The van der Waals surface area contributed by atoms with E-state index >= 15 is 0 Å². The predicted molar refractivity (Wildman–Crippen MR) is 120 cm³/mol. The highest BCUT2D eigenvalue weighted by Gasteiger charge is 2.34. The van der Waals surface area contributed by atoms with Crippen molar-refractivity contribution in [1.29, 1.82) is 0 Å². The minimum atomic E-state index is -0.235. The summed E-state index contributed by atoms with van der Waals surface area (Å²) in [5.74, 6) is 0.413. The Bertz CT molecular complexity index is 1240. The minimum Gasteiger partial charge on any atom is -0.334 e. The van der Waals surface area contributed by atoms with Gasteiger partial charge >= 0.3 is 0 Å². The number of hydrogen-bond acceptors (Lipinski definition) is 6. The number of aryl methyl sites for hydroxylation is 1. The van der Waals surface area contributed by atoms with Crippen molar-refractivity contribution in [3.63, 3.8) is 0 Å². The van der Waals surface area contributed by atoms with Crippen LogP contribution >= 0.6 is 11.3 Å². The third kappa shape index (κ3) is 3.62. The number of aromatic amines is 1. The van der Waals surface area contributed by atoms with E-state index in [4.69, 9.17) is 4.98 Å². The van der Waals surface area contributed by atoms with Crippen molar-refractivity contribution >= 4 is 23.2 Å². The van der Waals surface area contributed by atoms with Crippen molar-refractivity contribution in [2.45, 2.75) is 38.8 Å². The first-order valence-corrected chi connectivity index (χ1v) is 11.6. The summed E-state index contributed by atoms with van der Waals surface area (Å²) in [6.45, 7) is 3.21. The number of aromatic nitrogens is 3. The van der Waals surface area contributed by atoms with Crippen LogP contribution in [0.15, 0.2) is 40.8 Å². The minimum absolute atomic E-state index is 0.0210. The molecule has 164 valence electrons. The Morgan fingerprint density at radius 2 is 2.09 bits per heavy atom. The topological polar surface area (TPSA) is 99.3 Å². The van der Waals surface area contributed by atoms with E-state index in [1.807, 2.05) is 24.4 Å². The molecule has 3 aromatic rings. The van der Waals surface area contributed by atoms with E-state index in [0.717, 1.165) is 24.1 Å². The Labute approximate surface area is 188 Å². The number of nitrogens with one attached hydrogen (secondary N) is 1. The number of likely N-dealkylation sites (tertiary alicyclic amines) is 1. The van der Waals surface area contributed by atoms with Crippen LogP contribution in [-0.4, -0.2) is 49.7 Å². The summed E-state index contributed by atoms with van der Waals surface area (Å²) < 4.78 is 0. The number of pyridine rings is 1. The second kappa shape index (κ2) is 8.31. The van der Waals surface area contributed by atoms with Crippen molar-refractivity contribution in [2.75, 3.05) is 13.1 Å². The molecule has 32 heavy (non-hydrogen) atoms. The largest absolute Gasteiger partial charge is 0.334 e.